The third kappa shape index (κ3) is 7.24. The average molecular weight is 451 g/mol. The Morgan fingerprint density at radius 1 is 1.30 bits per heavy atom. The van der Waals surface area contributed by atoms with E-state index in [0.29, 0.717) is 24.1 Å². The van der Waals surface area contributed by atoms with Crippen LogP contribution < -0.4 is 21.0 Å². The van der Waals surface area contributed by atoms with Gasteiger partial charge in [-0.15, -0.1) is 0 Å². The Labute approximate surface area is 185 Å². The van der Waals surface area contributed by atoms with Gasteiger partial charge in [0.2, 0.25) is 0 Å². The highest BCUT2D eigenvalue weighted by atomic mass is 35.5. The maximum atomic E-state index is 12.4. The molecule has 30 heavy (non-hydrogen) atoms. The van der Waals surface area contributed by atoms with Gasteiger partial charge in [0.15, 0.2) is 5.84 Å². The molecule has 3 N–H and O–H groups in total. The second kappa shape index (κ2) is 11.4. The predicted molar refractivity (Wildman–Crippen MR) is 120 cm³/mol. The lowest BCUT2D eigenvalue weighted by molar-refractivity contribution is 0.0976. The molecule has 0 atom stereocenters. The highest BCUT2D eigenvalue weighted by Gasteiger charge is 2.10. The van der Waals surface area contributed by atoms with Gasteiger partial charge in [0.1, 0.15) is 10.8 Å². The number of rotatable bonds is 8. The van der Waals surface area contributed by atoms with Gasteiger partial charge in [-0.2, -0.15) is 5.10 Å². The minimum Gasteiger partial charge on any atom is -0.493 e. The second-order valence-electron chi connectivity index (χ2n) is 6.81. The molecule has 0 aliphatic carbocycles. The normalized spacial score (nSPS) is 11.7. The molecule has 1 aromatic carbocycles. The fourth-order valence-corrected chi connectivity index (χ4v) is 2.70. The lowest BCUT2D eigenvalue weighted by atomic mass is 10.2. The molecule has 0 aliphatic rings. The number of hydrogen-bond donors (Lipinski definition) is 3. The molecule has 1 aromatic heterocycles. The molecule has 2 rings (SSSR count). The van der Waals surface area contributed by atoms with Crippen molar-refractivity contribution in [2.24, 2.45) is 11.0 Å². The number of nitrogens with zero attached hydrogens (tertiary/aromatic N) is 1. The number of carbonyl (C=O) groups is 1. The van der Waals surface area contributed by atoms with Crippen molar-refractivity contribution < 1.29 is 9.53 Å². The van der Waals surface area contributed by atoms with Crippen molar-refractivity contribution in [1.29, 1.82) is 0 Å². The number of hydrazone groups is 1. The Morgan fingerprint density at radius 2 is 2.07 bits per heavy atom. The van der Waals surface area contributed by atoms with Crippen LogP contribution in [0.2, 0.25) is 10.0 Å². The van der Waals surface area contributed by atoms with Crippen LogP contribution in [0.15, 0.2) is 52.5 Å². The van der Waals surface area contributed by atoms with Crippen LogP contribution >= 0.6 is 23.2 Å². The number of hydrogen-bond acceptors (Lipinski definition) is 5. The summed E-state index contributed by atoms with van der Waals surface area (Å²) in [7, 11) is 0. The van der Waals surface area contributed by atoms with Crippen molar-refractivity contribution in [3.8, 4) is 5.75 Å². The van der Waals surface area contributed by atoms with Crippen LogP contribution in [0.5, 0.6) is 5.75 Å². The molecular weight excluding hydrogens is 427 g/mol. The van der Waals surface area contributed by atoms with Crippen LogP contribution in [-0.4, -0.2) is 23.3 Å². The van der Waals surface area contributed by atoms with Crippen LogP contribution in [0.4, 0.5) is 0 Å². The Bertz CT molecular complexity index is 1000. The summed E-state index contributed by atoms with van der Waals surface area (Å²) in [6.45, 7) is 6.86. The van der Waals surface area contributed by atoms with Crippen molar-refractivity contribution >= 4 is 34.9 Å². The maximum Gasteiger partial charge on any atom is 0.266 e. The molecule has 0 saturated carbocycles. The lowest BCUT2D eigenvalue weighted by Gasteiger charge is -2.14. The van der Waals surface area contributed by atoms with E-state index in [0.717, 1.165) is 11.3 Å². The zero-order valence-corrected chi connectivity index (χ0v) is 18.5. The smallest absolute Gasteiger partial charge is 0.266 e. The van der Waals surface area contributed by atoms with Crippen LogP contribution in [-0.2, 0) is 6.54 Å². The van der Waals surface area contributed by atoms with Crippen molar-refractivity contribution in [3.63, 3.8) is 0 Å². The average Bonchev–Trinajstić information content (AvgIpc) is 2.69. The number of halogens is 2. The SMILES string of the molecule is C/C=C/C(=N\NCc1cc(Cl)ccc1OCC(C)C)NC(=O)c1c[nH]c(=O)c(Cl)c1. The minimum atomic E-state index is -0.464. The van der Waals surface area contributed by atoms with Gasteiger partial charge in [-0.3, -0.25) is 9.59 Å². The third-order valence-corrected chi connectivity index (χ3v) is 4.27. The number of H-pyrrole nitrogens is 1. The van der Waals surface area contributed by atoms with Crippen LogP contribution in [0.3, 0.4) is 0 Å². The molecule has 0 fully saturated rings. The van der Waals surface area contributed by atoms with Gasteiger partial charge < -0.3 is 20.5 Å². The quantitative estimate of drug-likeness (QED) is 0.320. The first-order valence-corrected chi connectivity index (χ1v) is 10.1. The van der Waals surface area contributed by atoms with E-state index in [-0.39, 0.29) is 16.4 Å². The van der Waals surface area contributed by atoms with E-state index in [2.05, 4.69) is 34.7 Å². The minimum absolute atomic E-state index is 0.0693. The van der Waals surface area contributed by atoms with Gasteiger partial charge in [-0.1, -0.05) is 43.1 Å². The molecule has 0 aliphatic heterocycles. The number of carbonyl (C=O) groups excluding carboxylic acids is 1. The van der Waals surface area contributed by atoms with Gasteiger partial charge in [0, 0.05) is 16.8 Å². The van der Waals surface area contributed by atoms with Gasteiger partial charge in [0.05, 0.1) is 18.7 Å². The van der Waals surface area contributed by atoms with E-state index in [4.69, 9.17) is 27.9 Å². The molecule has 160 valence electrons. The summed E-state index contributed by atoms with van der Waals surface area (Å²) in [5.74, 6) is 0.930. The Morgan fingerprint density at radius 3 is 2.73 bits per heavy atom. The summed E-state index contributed by atoms with van der Waals surface area (Å²) < 4.78 is 5.83. The summed E-state index contributed by atoms with van der Waals surface area (Å²) >= 11 is 11.9. The van der Waals surface area contributed by atoms with Crippen molar-refractivity contribution in [2.45, 2.75) is 27.3 Å². The van der Waals surface area contributed by atoms with E-state index in [1.165, 1.54) is 12.3 Å². The number of amides is 1. The topological polar surface area (TPSA) is 95.6 Å². The highest BCUT2D eigenvalue weighted by Crippen LogP contribution is 2.23. The molecule has 0 saturated heterocycles. The molecular formula is C21H24Cl2N4O3. The first kappa shape index (κ1) is 23.5. The van der Waals surface area contributed by atoms with E-state index >= 15 is 0 Å². The molecule has 9 heteroatoms. The zero-order chi connectivity index (χ0) is 22.1. The number of allylic oxidation sites excluding steroid dienone is 1. The standard InChI is InChI=1S/C21H24Cl2N4O3/c1-4-5-19(26-20(28)15-9-17(23)21(29)24-10-15)27-25-11-14-8-16(22)6-7-18(14)30-12-13(2)3/h4-10,13,25H,11-12H2,1-3H3,(H,24,29)(H,26,27,28)/b5-4+. The molecule has 2 aromatic rings. The Kier molecular flexibility index (Phi) is 8.95. The van der Waals surface area contributed by atoms with Crippen molar-refractivity contribution in [2.75, 3.05) is 6.61 Å². The van der Waals surface area contributed by atoms with Crippen molar-refractivity contribution in [1.82, 2.24) is 15.7 Å². The van der Waals surface area contributed by atoms with E-state index in [1.807, 2.05) is 6.07 Å². The lowest BCUT2D eigenvalue weighted by Crippen LogP contribution is -2.31. The second-order valence-corrected chi connectivity index (χ2v) is 7.65. The zero-order valence-electron chi connectivity index (χ0n) is 17.0. The number of pyridine rings is 1. The summed E-state index contributed by atoms with van der Waals surface area (Å²) in [4.78, 5) is 26.2. The number of aromatic amines is 1. The fourth-order valence-electron chi connectivity index (χ4n) is 2.33. The molecule has 0 radical (unpaired) electrons. The number of amidine groups is 1. The van der Waals surface area contributed by atoms with Crippen molar-refractivity contribution in [3.05, 3.63) is 74.1 Å². The largest absolute Gasteiger partial charge is 0.493 e. The highest BCUT2D eigenvalue weighted by molar-refractivity contribution is 6.31. The Hall–Kier alpha value is -2.77. The summed E-state index contributed by atoms with van der Waals surface area (Å²) in [5.41, 5.74) is 3.50. The number of aromatic nitrogens is 1. The number of nitrogens with one attached hydrogen (secondary N) is 3. The van der Waals surface area contributed by atoms with Crippen LogP contribution in [0, 0.1) is 5.92 Å². The molecule has 1 heterocycles. The van der Waals surface area contributed by atoms with Crippen LogP contribution in [0.1, 0.15) is 36.7 Å². The van der Waals surface area contributed by atoms with E-state index in [9.17, 15) is 9.59 Å². The van der Waals surface area contributed by atoms with Gasteiger partial charge in [0.25, 0.3) is 11.5 Å². The molecule has 7 nitrogen and oxygen atoms in total. The predicted octanol–water partition coefficient (Wildman–Crippen LogP) is 4.13. The maximum absolute atomic E-state index is 12.4. The molecule has 1 amide bonds. The summed E-state index contributed by atoms with van der Waals surface area (Å²) in [5, 5.41) is 7.40. The van der Waals surface area contributed by atoms with Gasteiger partial charge in [-0.05, 0) is 43.2 Å². The summed E-state index contributed by atoms with van der Waals surface area (Å²) in [6, 6.07) is 6.68. The first-order valence-electron chi connectivity index (χ1n) is 9.34. The summed E-state index contributed by atoms with van der Waals surface area (Å²) in [6.07, 6.45) is 4.65. The van der Waals surface area contributed by atoms with E-state index in [1.54, 1.807) is 31.2 Å². The monoisotopic (exact) mass is 450 g/mol. The molecule has 0 unspecified atom stereocenters. The third-order valence-electron chi connectivity index (χ3n) is 3.75. The van der Waals surface area contributed by atoms with E-state index < -0.39 is 11.5 Å². The Balaban J connectivity index is 2.09. The van der Waals surface area contributed by atoms with Gasteiger partial charge >= 0.3 is 0 Å². The van der Waals surface area contributed by atoms with Gasteiger partial charge in [-0.25, -0.2) is 0 Å². The molecule has 0 bridgehead atoms. The fraction of sp³-hybridized carbons (Fsp3) is 0.286. The van der Waals surface area contributed by atoms with Crippen LogP contribution in [0.25, 0.3) is 0 Å². The molecule has 0 spiro atoms. The first-order chi connectivity index (χ1) is 14.3. The number of ether oxygens (including phenoxy) is 1. The number of benzene rings is 1.